The van der Waals surface area contributed by atoms with Gasteiger partial charge in [-0.2, -0.15) is 18.3 Å². The monoisotopic (exact) mass is 1140 g/mol. The Hall–Kier alpha value is -7.91. The number of thiazole rings is 1. The van der Waals surface area contributed by atoms with Gasteiger partial charge in [-0.15, -0.1) is 0 Å². The van der Waals surface area contributed by atoms with Gasteiger partial charge in [-0.05, 0) is 162 Å². The van der Waals surface area contributed by atoms with Gasteiger partial charge in [0.2, 0.25) is 11.8 Å². The molecule has 1 atom stereocenters. The fourth-order valence-corrected chi connectivity index (χ4v) is 12.3. The van der Waals surface area contributed by atoms with E-state index in [0.717, 1.165) is 100 Å². The summed E-state index contributed by atoms with van der Waals surface area (Å²) in [5, 5.41) is 18.9. The topological polar surface area (TPSA) is 201 Å². The number of para-hydroxylation sites is 1. The number of piperidine rings is 2. The number of nitrogens with one attached hydrogen (secondary N) is 2. The number of alkyl halides is 3. The molecule has 0 saturated carbocycles. The highest BCUT2D eigenvalue weighted by Gasteiger charge is 2.38. The van der Waals surface area contributed by atoms with Crippen LogP contribution in [0.15, 0.2) is 91.0 Å². The van der Waals surface area contributed by atoms with Gasteiger partial charge in [-0.1, -0.05) is 47.7 Å². The lowest BCUT2D eigenvalue weighted by Gasteiger charge is -2.44. The largest absolute Gasteiger partial charge is 0.493 e. The summed E-state index contributed by atoms with van der Waals surface area (Å²) in [4.78, 5) is 78.0. The Labute approximate surface area is 476 Å². The number of esters is 1. The predicted molar refractivity (Wildman–Crippen MR) is 307 cm³/mol. The van der Waals surface area contributed by atoms with Gasteiger partial charge >= 0.3 is 18.1 Å². The smallest absolute Gasteiger partial charge is 0.490 e. The number of hydrogen-bond donors (Lipinski definition) is 3. The number of anilines is 3. The summed E-state index contributed by atoms with van der Waals surface area (Å²) in [5.41, 5.74) is 8.40. The number of carboxylic acid groups (broad SMARTS) is 1. The predicted octanol–water partition coefficient (Wildman–Crippen LogP) is 10.5. The summed E-state index contributed by atoms with van der Waals surface area (Å²) < 4.78 is 47.1. The van der Waals surface area contributed by atoms with Gasteiger partial charge in [0, 0.05) is 74.3 Å². The van der Waals surface area contributed by atoms with Gasteiger partial charge in [-0.25, -0.2) is 19.6 Å². The molecule has 7 heterocycles. The average molecular weight is 1140 g/mol. The maximum absolute atomic E-state index is 14.1. The Morgan fingerprint density at radius 3 is 2.34 bits per heavy atom. The fraction of sp³-hybridized carbons (Fsp3) is 0.410. The Balaban J connectivity index is 0.00000101. The van der Waals surface area contributed by atoms with E-state index in [2.05, 4.69) is 54.6 Å². The van der Waals surface area contributed by atoms with Crippen molar-refractivity contribution in [1.82, 2.24) is 30.0 Å². The molecule has 1 unspecified atom stereocenters. The van der Waals surface area contributed by atoms with Crippen LogP contribution in [0.2, 0.25) is 0 Å². The first-order chi connectivity index (χ1) is 39.1. The number of aliphatic carboxylic acids is 1. The maximum Gasteiger partial charge on any atom is 0.490 e. The number of aromatic nitrogens is 4. The number of carbonyl (C=O) groups excluding carboxylic acids is 4. The van der Waals surface area contributed by atoms with Crippen molar-refractivity contribution < 1.29 is 51.7 Å². The van der Waals surface area contributed by atoms with Crippen LogP contribution in [0, 0.1) is 18.8 Å². The van der Waals surface area contributed by atoms with E-state index >= 15 is 0 Å². The third-order valence-corrected chi connectivity index (χ3v) is 16.6. The van der Waals surface area contributed by atoms with E-state index in [-0.39, 0.29) is 23.4 Å². The van der Waals surface area contributed by atoms with Crippen LogP contribution < -0.4 is 25.2 Å². The first-order valence-electron chi connectivity index (χ1n) is 27.7. The van der Waals surface area contributed by atoms with Crippen molar-refractivity contribution >= 4 is 78.8 Å². The number of ether oxygens (including phenoxy) is 2. The molecule has 0 radical (unpaired) electrons. The fourth-order valence-electron chi connectivity index (χ4n) is 11.4. The van der Waals surface area contributed by atoms with Gasteiger partial charge in [0.15, 0.2) is 10.8 Å². The number of nitrogens with zero attached hydrogens (tertiary/aromatic N) is 7. The summed E-state index contributed by atoms with van der Waals surface area (Å²) in [6, 6.07) is 30.0. The van der Waals surface area contributed by atoms with E-state index < -0.39 is 29.6 Å². The van der Waals surface area contributed by atoms with Crippen LogP contribution >= 0.6 is 11.3 Å². The highest BCUT2D eigenvalue weighted by atomic mass is 32.1. The quantitative estimate of drug-likeness (QED) is 0.0527. The van der Waals surface area contributed by atoms with E-state index in [4.69, 9.17) is 29.5 Å². The number of carboxylic acids is 1. The third kappa shape index (κ3) is 13.0. The van der Waals surface area contributed by atoms with Gasteiger partial charge in [0.1, 0.15) is 17.2 Å². The maximum atomic E-state index is 14.1. The molecule has 430 valence electrons. The number of hydrogen-bond acceptors (Lipinski definition) is 14. The zero-order chi connectivity index (χ0) is 58.0. The number of aryl methyl sites for hydroxylation is 1. The number of halogens is 3. The summed E-state index contributed by atoms with van der Waals surface area (Å²) in [7, 11) is 1.92. The van der Waals surface area contributed by atoms with Gasteiger partial charge in [0.25, 0.3) is 5.91 Å². The van der Waals surface area contributed by atoms with Crippen molar-refractivity contribution in [1.29, 1.82) is 0 Å². The number of likely N-dealkylation sites (tertiary alicyclic amines) is 1. The van der Waals surface area contributed by atoms with Crippen LogP contribution in [-0.2, 0) is 39.1 Å². The molecule has 3 fully saturated rings. The summed E-state index contributed by atoms with van der Waals surface area (Å²) in [5.74, 6) is -1.61. The van der Waals surface area contributed by atoms with Gasteiger partial charge < -0.3 is 29.3 Å². The van der Waals surface area contributed by atoms with Gasteiger partial charge in [-0.3, -0.25) is 29.7 Å². The molecule has 3 aromatic heterocycles. The lowest BCUT2D eigenvalue weighted by molar-refractivity contribution is -0.192. The molecule has 3 saturated heterocycles. The molecule has 11 rings (SSSR count). The summed E-state index contributed by atoms with van der Waals surface area (Å²) in [6.45, 7) is 14.8. The van der Waals surface area contributed by atoms with Crippen LogP contribution in [-0.4, -0.2) is 117 Å². The van der Waals surface area contributed by atoms with E-state index in [1.165, 1.54) is 29.9 Å². The van der Waals surface area contributed by atoms with E-state index in [9.17, 15) is 32.3 Å². The number of benzene rings is 4. The molecule has 7 aromatic rings. The molecule has 82 heavy (non-hydrogen) atoms. The molecular weight excluding hydrogens is 1080 g/mol. The number of rotatable bonds is 14. The lowest BCUT2D eigenvalue weighted by atomic mass is 9.90. The molecule has 21 heteroatoms. The van der Waals surface area contributed by atoms with Crippen molar-refractivity contribution in [3.63, 3.8) is 0 Å². The molecule has 4 aliphatic heterocycles. The number of amides is 3. The van der Waals surface area contributed by atoms with Crippen LogP contribution in [0.4, 0.5) is 29.8 Å². The van der Waals surface area contributed by atoms with Gasteiger partial charge in [0.05, 0.1) is 34.0 Å². The molecule has 0 bridgehead atoms. The minimum absolute atomic E-state index is 0.206. The highest BCUT2D eigenvalue weighted by molar-refractivity contribution is 7.22. The molecule has 3 amide bonds. The minimum atomic E-state index is -5.08. The number of pyridine rings is 1. The minimum Gasteiger partial charge on any atom is -0.493 e. The zero-order valence-electron chi connectivity index (χ0n) is 46.5. The first-order valence-corrected chi connectivity index (χ1v) is 28.5. The number of carbonyl (C=O) groups is 5. The van der Waals surface area contributed by atoms with Crippen molar-refractivity contribution in [2.24, 2.45) is 18.9 Å². The number of fused-ring (bicyclic) bond motifs is 3. The molecule has 17 nitrogen and oxygen atoms in total. The van der Waals surface area contributed by atoms with Crippen molar-refractivity contribution in [3.8, 4) is 16.9 Å². The van der Waals surface area contributed by atoms with Crippen molar-refractivity contribution in [2.45, 2.75) is 96.9 Å². The van der Waals surface area contributed by atoms with Crippen LogP contribution in [0.1, 0.15) is 108 Å². The molecule has 4 aliphatic rings. The lowest BCUT2D eigenvalue weighted by Crippen LogP contribution is -2.52. The molecule has 0 spiro atoms. The van der Waals surface area contributed by atoms with E-state index in [1.54, 1.807) is 0 Å². The average Bonchev–Trinajstić information content (AvgIpc) is 4.19. The van der Waals surface area contributed by atoms with Crippen molar-refractivity contribution in [3.05, 3.63) is 125 Å². The van der Waals surface area contributed by atoms with Crippen LogP contribution in [0.3, 0.4) is 0 Å². The second kappa shape index (κ2) is 23.9. The summed E-state index contributed by atoms with van der Waals surface area (Å²) >= 11 is 1.45. The highest BCUT2D eigenvalue weighted by Crippen LogP contribution is 2.38. The van der Waals surface area contributed by atoms with Crippen molar-refractivity contribution in [2.75, 3.05) is 61.0 Å². The standard InChI is InChI=1S/C59H65N9O6S.C2HF3O2/c1-36-41(42-20-22-51(61-54(42)57(72)74-59(2,3)4)67-29-26-39-12-8-14-43(46(39)35-67)55(70)63-58-60-47-15-6-7-17-50(47)75-58)13-9-16-49(36)73-30-10-11-37-24-27-66(28-25-37)32-38-33-68(34-38)40-18-19-44-48(31-40)65(5)64-53(44)45-21-23-52(69)62-56(45)71;3-2(4,5)1(6)7/h6-9,12-20,22,31,37-38,45H,10-11,21,23-30,32-35H2,1-5H3,(H,60,63,70)(H,62,69,71);(H,6,7). The van der Waals surface area contributed by atoms with E-state index in [0.29, 0.717) is 72.9 Å². The first kappa shape index (κ1) is 57.3. The summed E-state index contributed by atoms with van der Waals surface area (Å²) in [6.07, 6.45) is 0.932. The molecular formula is C61H66F3N9O8S. The van der Waals surface area contributed by atoms with E-state index in [1.807, 2.05) is 106 Å². The SMILES string of the molecule is Cc1c(OCCCC2CCN(CC3CN(c4ccc5c(C6CCC(=O)NC6=O)nn(C)c5c4)C3)CC2)cccc1-c1ccc(N2CCc3cccc(C(=O)Nc4nc5ccccc5s4)c3C2)nc1C(=O)OC(C)(C)C.O=C(O)C(F)(F)F. The zero-order valence-corrected chi connectivity index (χ0v) is 47.3. The number of imide groups is 1. The Bertz CT molecular complexity index is 3530. The second-order valence-corrected chi connectivity index (χ2v) is 23.6. The van der Waals surface area contributed by atoms with Crippen LogP contribution in [0.5, 0.6) is 5.75 Å². The molecule has 3 N–H and O–H groups in total. The Morgan fingerprint density at radius 1 is 0.854 bits per heavy atom. The Morgan fingerprint density at radius 2 is 1.61 bits per heavy atom. The molecule has 4 aromatic carbocycles. The second-order valence-electron chi connectivity index (χ2n) is 22.6. The third-order valence-electron chi connectivity index (χ3n) is 15.6. The molecule has 0 aliphatic carbocycles. The Kier molecular flexibility index (Phi) is 16.7. The normalized spacial score (nSPS) is 17.2. The van der Waals surface area contributed by atoms with Crippen LogP contribution in [0.25, 0.3) is 32.2 Å².